The Bertz CT molecular complexity index is 1020. The van der Waals surface area contributed by atoms with Gasteiger partial charge in [-0.3, -0.25) is 0 Å². The fourth-order valence-electron chi connectivity index (χ4n) is 3.46. The van der Waals surface area contributed by atoms with Gasteiger partial charge in [-0.05, 0) is 75.1 Å². The van der Waals surface area contributed by atoms with Gasteiger partial charge < -0.3 is 19.1 Å². The molecule has 0 saturated heterocycles. The molecule has 3 aromatic rings. The molecule has 0 aliphatic carbocycles. The first kappa shape index (κ1) is 20.9. The zero-order chi connectivity index (χ0) is 21.0. The average molecular weight is 395 g/mol. The van der Waals surface area contributed by atoms with E-state index in [1.165, 1.54) is 11.1 Å². The van der Waals surface area contributed by atoms with Gasteiger partial charge in [-0.2, -0.15) is 0 Å². The molecule has 1 N–H and O–H groups in total. The smallest absolute Gasteiger partial charge is 0.161 e. The fraction of sp³-hybridized carbons (Fsp3) is 0.375. The van der Waals surface area contributed by atoms with Crippen molar-refractivity contribution in [2.45, 2.75) is 46.8 Å². The van der Waals surface area contributed by atoms with Crippen LogP contribution in [0, 0.1) is 13.8 Å². The van der Waals surface area contributed by atoms with E-state index in [1.54, 1.807) is 14.0 Å². The highest BCUT2D eigenvalue weighted by Crippen LogP contribution is 2.29. The second-order valence-corrected chi connectivity index (χ2v) is 7.34. The summed E-state index contributed by atoms with van der Waals surface area (Å²) < 4.78 is 13.5. The standard InChI is InChI=1S/C24H30N2O3/c1-6-8-19-9-10-22(23(15-19)28-5)29-12-7-11-26-21-14-17(3)16(2)13-20(21)25-24(26)18(4)27/h6,8-10,13-15,18,27H,7,11-12H2,1-5H3/b8-6+. The average Bonchev–Trinajstić information content (AvgIpc) is 3.04. The molecule has 29 heavy (non-hydrogen) atoms. The van der Waals surface area contributed by atoms with Gasteiger partial charge in [0.05, 0.1) is 24.8 Å². The molecule has 0 aliphatic heterocycles. The van der Waals surface area contributed by atoms with Crippen molar-refractivity contribution in [1.29, 1.82) is 0 Å². The normalized spacial score (nSPS) is 12.6. The molecule has 2 aromatic carbocycles. The van der Waals surface area contributed by atoms with E-state index < -0.39 is 6.10 Å². The van der Waals surface area contributed by atoms with Gasteiger partial charge in [0.1, 0.15) is 11.9 Å². The summed E-state index contributed by atoms with van der Waals surface area (Å²) in [5.74, 6) is 2.15. The molecule has 0 fully saturated rings. The molecule has 0 radical (unpaired) electrons. The van der Waals surface area contributed by atoms with Crippen LogP contribution in [0.2, 0.25) is 0 Å². The number of aryl methyl sites for hydroxylation is 3. The molecular weight excluding hydrogens is 364 g/mol. The van der Waals surface area contributed by atoms with E-state index in [9.17, 15) is 5.11 Å². The van der Waals surface area contributed by atoms with Crippen molar-refractivity contribution >= 4 is 17.1 Å². The molecular formula is C24H30N2O3. The van der Waals surface area contributed by atoms with Crippen LogP contribution >= 0.6 is 0 Å². The number of aliphatic hydroxyl groups is 1. The van der Waals surface area contributed by atoms with Crippen LogP contribution in [0.4, 0.5) is 0 Å². The lowest BCUT2D eigenvalue weighted by atomic mass is 10.1. The maximum absolute atomic E-state index is 10.2. The Labute approximate surface area is 172 Å². The summed E-state index contributed by atoms with van der Waals surface area (Å²) in [4.78, 5) is 4.65. The van der Waals surface area contributed by atoms with Gasteiger partial charge in [0.15, 0.2) is 11.5 Å². The van der Waals surface area contributed by atoms with Crippen LogP contribution in [0.1, 0.15) is 48.9 Å². The molecule has 0 aliphatic rings. The van der Waals surface area contributed by atoms with Crippen LogP contribution in [0.25, 0.3) is 17.1 Å². The Morgan fingerprint density at radius 2 is 1.90 bits per heavy atom. The topological polar surface area (TPSA) is 56.5 Å². The number of methoxy groups -OCH3 is 1. The summed E-state index contributed by atoms with van der Waals surface area (Å²) in [6, 6.07) is 10.1. The number of aliphatic hydroxyl groups excluding tert-OH is 1. The van der Waals surface area contributed by atoms with Crippen LogP contribution in [0.15, 0.2) is 36.4 Å². The first-order valence-electron chi connectivity index (χ1n) is 10.0. The van der Waals surface area contributed by atoms with E-state index in [-0.39, 0.29) is 0 Å². The zero-order valence-electron chi connectivity index (χ0n) is 17.9. The second kappa shape index (κ2) is 9.14. The van der Waals surface area contributed by atoms with Crippen molar-refractivity contribution in [1.82, 2.24) is 9.55 Å². The lowest BCUT2D eigenvalue weighted by Crippen LogP contribution is -2.10. The molecule has 3 rings (SSSR count). The van der Waals surface area contributed by atoms with E-state index in [0.717, 1.165) is 41.1 Å². The van der Waals surface area contributed by atoms with E-state index in [2.05, 4.69) is 35.5 Å². The van der Waals surface area contributed by atoms with Crippen molar-refractivity contribution in [3.05, 3.63) is 58.9 Å². The monoisotopic (exact) mass is 394 g/mol. The number of benzene rings is 2. The summed E-state index contributed by atoms with van der Waals surface area (Å²) in [7, 11) is 1.65. The molecule has 154 valence electrons. The summed E-state index contributed by atoms with van der Waals surface area (Å²) >= 11 is 0. The Morgan fingerprint density at radius 1 is 1.14 bits per heavy atom. The predicted octanol–water partition coefficient (Wildman–Crippen LogP) is 5.22. The Kier molecular flexibility index (Phi) is 6.60. The number of aromatic nitrogens is 2. The number of nitrogens with zero attached hydrogens (tertiary/aromatic N) is 2. The number of ether oxygens (including phenoxy) is 2. The predicted molar refractivity (Wildman–Crippen MR) is 118 cm³/mol. The summed E-state index contributed by atoms with van der Waals surface area (Å²) in [6.45, 7) is 9.19. The van der Waals surface area contributed by atoms with Crippen LogP contribution in [-0.4, -0.2) is 28.4 Å². The SMILES string of the molecule is C/C=C/c1ccc(OCCCn2c(C(C)O)nc3cc(C)c(C)cc32)c(OC)c1. The largest absolute Gasteiger partial charge is 0.493 e. The molecule has 1 heterocycles. The molecule has 0 saturated carbocycles. The third-order valence-corrected chi connectivity index (χ3v) is 5.10. The number of imidazole rings is 1. The molecule has 0 bridgehead atoms. The highest BCUT2D eigenvalue weighted by molar-refractivity contribution is 5.78. The lowest BCUT2D eigenvalue weighted by Gasteiger charge is -2.14. The van der Waals surface area contributed by atoms with Crippen molar-refractivity contribution < 1.29 is 14.6 Å². The van der Waals surface area contributed by atoms with Crippen LogP contribution in [0.5, 0.6) is 11.5 Å². The van der Waals surface area contributed by atoms with Gasteiger partial charge in [0.25, 0.3) is 0 Å². The minimum absolute atomic E-state index is 0.545. The minimum atomic E-state index is -0.622. The van der Waals surface area contributed by atoms with Gasteiger partial charge in [0, 0.05) is 6.54 Å². The maximum Gasteiger partial charge on any atom is 0.161 e. The van der Waals surface area contributed by atoms with Gasteiger partial charge >= 0.3 is 0 Å². The summed E-state index contributed by atoms with van der Waals surface area (Å²) in [6.07, 6.45) is 4.19. The fourth-order valence-corrected chi connectivity index (χ4v) is 3.46. The Balaban J connectivity index is 1.73. The third kappa shape index (κ3) is 4.62. The lowest BCUT2D eigenvalue weighted by molar-refractivity contribution is 0.183. The van der Waals surface area contributed by atoms with E-state index in [4.69, 9.17) is 9.47 Å². The van der Waals surface area contributed by atoms with E-state index in [0.29, 0.717) is 12.4 Å². The highest BCUT2D eigenvalue weighted by Gasteiger charge is 2.15. The van der Waals surface area contributed by atoms with Crippen LogP contribution in [0.3, 0.4) is 0 Å². The van der Waals surface area contributed by atoms with Crippen molar-refractivity contribution in [2.75, 3.05) is 13.7 Å². The number of hydrogen-bond acceptors (Lipinski definition) is 4. The van der Waals surface area contributed by atoms with Gasteiger partial charge in [0.2, 0.25) is 0 Å². The van der Waals surface area contributed by atoms with Gasteiger partial charge in [-0.25, -0.2) is 4.98 Å². The van der Waals surface area contributed by atoms with Gasteiger partial charge in [-0.1, -0.05) is 18.2 Å². The first-order valence-corrected chi connectivity index (χ1v) is 10.0. The summed E-state index contributed by atoms with van der Waals surface area (Å²) in [5, 5.41) is 10.2. The number of hydrogen-bond donors (Lipinski definition) is 1. The maximum atomic E-state index is 10.2. The molecule has 0 amide bonds. The van der Waals surface area contributed by atoms with Crippen LogP contribution < -0.4 is 9.47 Å². The van der Waals surface area contributed by atoms with E-state index >= 15 is 0 Å². The van der Waals surface area contributed by atoms with E-state index in [1.807, 2.05) is 37.3 Å². The third-order valence-electron chi connectivity index (χ3n) is 5.10. The molecule has 1 atom stereocenters. The minimum Gasteiger partial charge on any atom is -0.493 e. The summed E-state index contributed by atoms with van der Waals surface area (Å²) in [5.41, 5.74) is 5.48. The van der Waals surface area contributed by atoms with Crippen molar-refractivity contribution in [3.8, 4) is 11.5 Å². The zero-order valence-corrected chi connectivity index (χ0v) is 17.9. The second-order valence-electron chi connectivity index (χ2n) is 7.34. The Hall–Kier alpha value is -2.79. The van der Waals surface area contributed by atoms with Crippen molar-refractivity contribution in [2.24, 2.45) is 0 Å². The molecule has 5 nitrogen and oxygen atoms in total. The number of fused-ring (bicyclic) bond motifs is 1. The Morgan fingerprint density at radius 3 is 2.59 bits per heavy atom. The molecule has 0 spiro atoms. The first-order chi connectivity index (χ1) is 13.9. The number of rotatable bonds is 8. The quantitative estimate of drug-likeness (QED) is 0.532. The van der Waals surface area contributed by atoms with Crippen LogP contribution in [-0.2, 0) is 6.54 Å². The molecule has 5 heteroatoms. The van der Waals surface area contributed by atoms with Crippen molar-refractivity contribution in [3.63, 3.8) is 0 Å². The molecule has 1 aromatic heterocycles. The molecule has 1 unspecified atom stereocenters. The number of allylic oxidation sites excluding steroid dienone is 1. The highest BCUT2D eigenvalue weighted by atomic mass is 16.5. The van der Waals surface area contributed by atoms with Gasteiger partial charge in [-0.15, -0.1) is 0 Å².